The fraction of sp³-hybridized carbons (Fsp3) is 0.188. The maximum atomic E-state index is 5.60. The van der Waals surface area contributed by atoms with Crippen molar-refractivity contribution in [1.29, 1.82) is 0 Å². The first-order chi connectivity index (χ1) is 9.19. The average molecular weight is 251 g/mol. The minimum Gasteiger partial charge on any atom is -0.342 e. The summed E-state index contributed by atoms with van der Waals surface area (Å²) >= 11 is 0. The fourth-order valence-electron chi connectivity index (χ4n) is 2.38. The van der Waals surface area contributed by atoms with Crippen molar-refractivity contribution in [3.8, 4) is 11.4 Å². The molecule has 0 aliphatic rings. The lowest BCUT2D eigenvalue weighted by atomic mass is 10.2. The maximum absolute atomic E-state index is 5.60. The minimum absolute atomic E-state index is 0.529. The second kappa shape index (κ2) is 4.52. The number of aromatic nitrogens is 2. The molecule has 3 rings (SSSR count). The molecule has 0 atom stereocenters. The summed E-state index contributed by atoms with van der Waals surface area (Å²) in [4.78, 5) is 4.50. The second-order valence-electron chi connectivity index (χ2n) is 4.91. The molecule has 3 aromatic rings. The zero-order valence-corrected chi connectivity index (χ0v) is 11.2. The molecule has 3 nitrogen and oxygen atoms in total. The number of benzene rings is 1. The van der Waals surface area contributed by atoms with Crippen LogP contribution in [-0.2, 0) is 13.6 Å². The van der Waals surface area contributed by atoms with E-state index < -0.39 is 0 Å². The first-order valence-electron chi connectivity index (χ1n) is 6.40. The molecule has 2 aromatic heterocycles. The van der Waals surface area contributed by atoms with Crippen LogP contribution in [-0.4, -0.2) is 9.55 Å². The summed E-state index contributed by atoms with van der Waals surface area (Å²) in [5.41, 5.74) is 11.3. The number of fused-ring (bicyclic) bond motifs is 1. The van der Waals surface area contributed by atoms with E-state index in [-0.39, 0.29) is 0 Å². The molecule has 0 aliphatic carbocycles. The van der Waals surface area contributed by atoms with Gasteiger partial charge >= 0.3 is 0 Å². The zero-order chi connectivity index (χ0) is 13.4. The quantitative estimate of drug-likeness (QED) is 0.761. The Bertz CT molecular complexity index is 724. The molecule has 0 fully saturated rings. The Labute approximate surface area is 112 Å². The van der Waals surface area contributed by atoms with Crippen LogP contribution in [0.15, 0.2) is 42.6 Å². The third kappa shape index (κ3) is 2.02. The van der Waals surface area contributed by atoms with Crippen molar-refractivity contribution in [3.63, 3.8) is 0 Å². The summed E-state index contributed by atoms with van der Waals surface area (Å²) in [6.07, 6.45) is 1.85. The van der Waals surface area contributed by atoms with Crippen molar-refractivity contribution < 1.29 is 0 Å². The lowest BCUT2D eigenvalue weighted by Crippen LogP contribution is -1.98. The van der Waals surface area contributed by atoms with Gasteiger partial charge in [-0.25, -0.2) is 0 Å². The highest BCUT2D eigenvalue weighted by Gasteiger charge is 2.08. The molecule has 0 bridgehead atoms. The van der Waals surface area contributed by atoms with Crippen LogP contribution in [0.25, 0.3) is 22.3 Å². The summed E-state index contributed by atoms with van der Waals surface area (Å²) in [5.74, 6) is 0. The summed E-state index contributed by atoms with van der Waals surface area (Å²) in [5, 5.41) is 1.24. The molecule has 0 amide bonds. The molecule has 0 saturated carbocycles. The average Bonchev–Trinajstić information content (AvgIpc) is 2.76. The molecule has 0 unspecified atom stereocenters. The van der Waals surface area contributed by atoms with Crippen molar-refractivity contribution in [2.45, 2.75) is 13.5 Å². The topological polar surface area (TPSA) is 43.8 Å². The monoisotopic (exact) mass is 251 g/mol. The molecule has 0 aliphatic heterocycles. The van der Waals surface area contributed by atoms with Crippen molar-refractivity contribution in [3.05, 3.63) is 53.7 Å². The predicted molar refractivity (Wildman–Crippen MR) is 78.8 cm³/mol. The standard InChI is InChI=1S/C16H17N3/c1-11-3-5-13-8-16(19(2)15(13)7-11)14-6-4-12(9-17)10-18-14/h3-8,10H,9,17H2,1-2H3. The van der Waals surface area contributed by atoms with Crippen molar-refractivity contribution >= 4 is 10.9 Å². The Hall–Kier alpha value is -2.13. The number of aryl methyl sites for hydroxylation is 2. The third-order valence-electron chi connectivity index (χ3n) is 3.52. The second-order valence-corrected chi connectivity index (χ2v) is 4.91. The van der Waals surface area contributed by atoms with E-state index in [0.717, 1.165) is 17.0 Å². The molecule has 2 N–H and O–H groups in total. The molecule has 1 aromatic carbocycles. The van der Waals surface area contributed by atoms with Crippen LogP contribution >= 0.6 is 0 Å². The van der Waals surface area contributed by atoms with Gasteiger partial charge in [0.2, 0.25) is 0 Å². The van der Waals surface area contributed by atoms with Crippen LogP contribution in [0.5, 0.6) is 0 Å². The summed E-state index contributed by atoms with van der Waals surface area (Å²) in [7, 11) is 2.08. The van der Waals surface area contributed by atoms with Gasteiger partial charge in [0.05, 0.1) is 11.4 Å². The molecule has 19 heavy (non-hydrogen) atoms. The Morgan fingerprint density at radius 1 is 1.16 bits per heavy atom. The Morgan fingerprint density at radius 3 is 2.68 bits per heavy atom. The van der Waals surface area contributed by atoms with Crippen LogP contribution in [0.4, 0.5) is 0 Å². The molecular formula is C16H17N3. The zero-order valence-electron chi connectivity index (χ0n) is 11.2. The first kappa shape index (κ1) is 11.9. The van der Waals surface area contributed by atoms with Crippen LogP contribution in [0, 0.1) is 6.92 Å². The first-order valence-corrected chi connectivity index (χ1v) is 6.40. The number of hydrogen-bond donors (Lipinski definition) is 1. The lowest BCUT2D eigenvalue weighted by molar-refractivity contribution is 0.966. The number of pyridine rings is 1. The maximum Gasteiger partial charge on any atom is 0.0866 e. The van der Waals surface area contributed by atoms with Crippen molar-refractivity contribution in [2.24, 2.45) is 12.8 Å². The number of rotatable bonds is 2. The SMILES string of the molecule is Cc1ccc2cc(-c3ccc(CN)cn3)n(C)c2c1. The van der Waals surface area contributed by atoms with Gasteiger partial charge < -0.3 is 10.3 Å². The molecular weight excluding hydrogens is 234 g/mol. The molecule has 0 radical (unpaired) electrons. The Kier molecular flexibility index (Phi) is 2.84. The predicted octanol–water partition coefficient (Wildman–Crippen LogP) is 3.01. The van der Waals surface area contributed by atoms with E-state index in [1.807, 2.05) is 18.3 Å². The van der Waals surface area contributed by atoms with Crippen LogP contribution < -0.4 is 5.73 Å². The van der Waals surface area contributed by atoms with E-state index in [9.17, 15) is 0 Å². The van der Waals surface area contributed by atoms with E-state index in [4.69, 9.17) is 5.73 Å². The van der Waals surface area contributed by atoms with Gasteiger partial charge in [-0.3, -0.25) is 4.98 Å². The smallest absolute Gasteiger partial charge is 0.0866 e. The van der Waals surface area contributed by atoms with E-state index in [2.05, 4.69) is 47.8 Å². The normalized spacial score (nSPS) is 11.1. The van der Waals surface area contributed by atoms with Gasteiger partial charge in [0.15, 0.2) is 0 Å². The van der Waals surface area contributed by atoms with Gasteiger partial charge in [-0.1, -0.05) is 18.2 Å². The highest BCUT2D eigenvalue weighted by Crippen LogP contribution is 2.26. The van der Waals surface area contributed by atoms with Gasteiger partial charge in [-0.2, -0.15) is 0 Å². The van der Waals surface area contributed by atoms with E-state index in [1.54, 1.807) is 0 Å². The Morgan fingerprint density at radius 2 is 2.00 bits per heavy atom. The highest BCUT2D eigenvalue weighted by atomic mass is 15.0. The van der Waals surface area contributed by atoms with Gasteiger partial charge in [0.1, 0.15) is 0 Å². The van der Waals surface area contributed by atoms with Crippen LogP contribution in [0.3, 0.4) is 0 Å². The summed E-state index contributed by atoms with van der Waals surface area (Å²) in [6.45, 7) is 2.64. The minimum atomic E-state index is 0.529. The van der Waals surface area contributed by atoms with Gasteiger partial charge in [-0.05, 0) is 36.2 Å². The highest BCUT2D eigenvalue weighted by molar-refractivity contribution is 5.86. The van der Waals surface area contributed by atoms with E-state index >= 15 is 0 Å². The third-order valence-corrected chi connectivity index (χ3v) is 3.52. The van der Waals surface area contributed by atoms with Gasteiger partial charge in [0.25, 0.3) is 0 Å². The van der Waals surface area contributed by atoms with E-state index in [0.29, 0.717) is 6.54 Å². The van der Waals surface area contributed by atoms with Crippen LogP contribution in [0.2, 0.25) is 0 Å². The number of nitrogens with zero attached hydrogens (tertiary/aromatic N) is 2. The molecule has 0 saturated heterocycles. The largest absolute Gasteiger partial charge is 0.342 e. The van der Waals surface area contributed by atoms with Crippen molar-refractivity contribution in [1.82, 2.24) is 9.55 Å². The molecule has 2 heterocycles. The van der Waals surface area contributed by atoms with Crippen LogP contribution in [0.1, 0.15) is 11.1 Å². The number of hydrogen-bond acceptors (Lipinski definition) is 2. The molecule has 3 heteroatoms. The molecule has 0 spiro atoms. The number of nitrogens with two attached hydrogens (primary N) is 1. The molecule has 96 valence electrons. The fourth-order valence-corrected chi connectivity index (χ4v) is 2.38. The summed E-state index contributed by atoms with van der Waals surface area (Å²) in [6, 6.07) is 12.7. The Balaban J connectivity index is 2.16. The lowest BCUT2D eigenvalue weighted by Gasteiger charge is -2.04. The van der Waals surface area contributed by atoms with Crippen molar-refractivity contribution in [2.75, 3.05) is 0 Å². The van der Waals surface area contributed by atoms with Gasteiger partial charge in [-0.15, -0.1) is 0 Å². The van der Waals surface area contributed by atoms with E-state index in [1.165, 1.54) is 16.5 Å². The summed E-state index contributed by atoms with van der Waals surface area (Å²) < 4.78 is 2.19. The van der Waals surface area contributed by atoms with Gasteiger partial charge in [0, 0.05) is 30.7 Å².